The summed E-state index contributed by atoms with van der Waals surface area (Å²) in [5, 5.41) is 4.56. The van der Waals surface area contributed by atoms with Crippen molar-refractivity contribution < 1.29 is 9.53 Å². The third-order valence-electron chi connectivity index (χ3n) is 4.66. The zero-order valence-electron chi connectivity index (χ0n) is 15.0. The molecule has 1 N–H and O–H groups in total. The van der Waals surface area contributed by atoms with Gasteiger partial charge in [-0.25, -0.2) is 4.79 Å². The molecule has 132 valence electrons. The summed E-state index contributed by atoms with van der Waals surface area (Å²) in [4.78, 5) is 21.3. The number of carbonyl (C=O) groups is 1. The number of methoxy groups -OCH3 is 1. The first kappa shape index (κ1) is 16.5. The molecule has 0 unspecified atom stereocenters. The molecule has 2 heterocycles. The van der Waals surface area contributed by atoms with Gasteiger partial charge in [-0.3, -0.25) is 9.97 Å². The van der Waals surface area contributed by atoms with Gasteiger partial charge in [0.15, 0.2) is 0 Å². The quantitative estimate of drug-likeness (QED) is 0.700. The number of para-hydroxylation sites is 1. The third-order valence-corrected chi connectivity index (χ3v) is 4.66. The zero-order valence-corrected chi connectivity index (χ0v) is 15.0. The van der Waals surface area contributed by atoms with E-state index in [2.05, 4.69) is 16.4 Å². The van der Waals surface area contributed by atoms with Gasteiger partial charge in [0.05, 0.1) is 36.1 Å². The van der Waals surface area contributed by atoms with Crippen molar-refractivity contribution in [1.82, 2.24) is 9.97 Å². The number of benzene rings is 1. The van der Waals surface area contributed by atoms with Crippen LogP contribution in [-0.4, -0.2) is 23.0 Å². The molecule has 0 radical (unpaired) electrons. The van der Waals surface area contributed by atoms with Gasteiger partial charge in [0.25, 0.3) is 0 Å². The van der Waals surface area contributed by atoms with Crippen LogP contribution >= 0.6 is 0 Å². The maximum Gasteiger partial charge on any atom is 0.339 e. The van der Waals surface area contributed by atoms with Crippen molar-refractivity contribution in [3.05, 3.63) is 65.1 Å². The lowest BCUT2D eigenvalue weighted by molar-refractivity contribution is 0.0598. The molecule has 0 aliphatic heterocycles. The lowest BCUT2D eigenvalue weighted by Crippen LogP contribution is -2.10. The van der Waals surface area contributed by atoms with Gasteiger partial charge >= 0.3 is 5.97 Å². The topological polar surface area (TPSA) is 64.1 Å². The van der Waals surface area contributed by atoms with E-state index in [0.29, 0.717) is 18.0 Å². The highest BCUT2D eigenvalue weighted by atomic mass is 16.5. The number of carbonyl (C=O) groups excluding carboxylic acids is 1. The molecule has 0 amide bonds. The van der Waals surface area contributed by atoms with Crippen molar-refractivity contribution in [2.45, 2.75) is 32.2 Å². The van der Waals surface area contributed by atoms with E-state index in [9.17, 15) is 4.79 Å². The molecule has 5 nitrogen and oxygen atoms in total. The number of nitrogens with zero attached hydrogens (tertiary/aromatic N) is 2. The van der Waals surface area contributed by atoms with E-state index >= 15 is 0 Å². The monoisotopic (exact) mass is 347 g/mol. The molecule has 1 saturated carbocycles. The molecule has 1 aliphatic rings. The van der Waals surface area contributed by atoms with Gasteiger partial charge in [-0.05, 0) is 44.0 Å². The van der Waals surface area contributed by atoms with Gasteiger partial charge in [-0.2, -0.15) is 0 Å². The summed E-state index contributed by atoms with van der Waals surface area (Å²) in [7, 11) is 1.41. The molecule has 0 saturated heterocycles. The van der Waals surface area contributed by atoms with Crippen LogP contribution < -0.4 is 5.32 Å². The van der Waals surface area contributed by atoms with Crippen LogP contribution in [0.4, 0.5) is 5.69 Å². The molecule has 1 fully saturated rings. The summed E-state index contributed by atoms with van der Waals surface area (Å²) >= 11 is 0. The molecule has 0 spiro atoms. The SMILES string of the molecule is COC(=O)c1ccc(CNc2cc(C)nc3ccccc23)nc1C1CC1. The largest absolute Gasteiger partial charge is 0.465 e. The summed E-state index contributed by atoms with van der Waals surface area (Å²) in [6, 6.07) is 13.9. The van der Waals surface area contributed by atoms with E-state index in [1.165, 1.54) is 7.11 Å². The maximum absolute atomic E-state index is 12.0. The fraction of sp³-hybridized carbons (Fsp3) is 0.286. The smallest absolute Gasteiger partial charge is 0.339 e. The molecule has 1 aromatic carbocycles. The Labute approximate surface area is 152 Å². The van der Waals surface area contributed by atoms with E-state index in [1.54, 1.807) is 0 Å². The molecule has 5 heteroatoms. The Kier molecular flexibility index (Phi) is 4.29. The van der Waals surface area contributed by atoms with Gasteiger partial charge in [0.1, 0.15) is 0 Å². The van der Waals surface area contributed by atoms with E-state index in [0.717, 1.165) is 46.5 Å². The van der Waals surface area contributed by atoms with Gasteiger partial charge in [0, 0.05) is 22.7 Å². The zero-order chi connectivity index (χ0) is 18.1. The van der Waals surface area contributed by atoms with Gasteiger partial charge in [-0.15, -0.1) is 0 Å². The second-order valence-corrected chi connectivity index (χ2v) is 6.68. The van der Waals surface area contributed by atoms with Gasteiger partial charge < -0.3 is 10.1 Å². The van der Waals surface area contributed by atoms with Crippen LogP contribution in [0.5, 0.6) is 0 Å². The van der Waals surface area contributed by atoms with Crippen molar-refractivity contribution >= 4 is 22.6 Å². The predicted molar refractivity (Wildman–Crippen MR) is 101 cm³/mol. The summed E-state index contributed by atoms with van der Waals surface area (Å²) in [5.74, 6) is 0.0720. The van der Waals surface area contributed by atoms with Crippen LogP contribution in [0, 0.1) is 6.92 Å². The van der Waals surface area contributed by atoms with Crippen LogP contribution in [-0.2, 0) is 11.3 Å². The second kappa shape index (κ2) is 6.75. The molecule has 1 aliphatic carbocycles. The lowest BCUT2D eigenvalue weighted by Gasteiger charge is -2.12. The predicted octanol–water partition coefficient (Wildman–Crippen LogP) is 4.21. The van der Waals surface area contributed by atoms with Crippen molar-refractivity contribution in [3.63, 3.8) is 0 Å². The van der Waals surface area contributed by atoms with Crippen LogP contribution in [0.25, 0.3) is 10.9 Å². The number of pyridine rings is 2. The fourth-order valence-electron chi connectivity index (χ4n) is 3.21. The first-order valence-electron chi connectivity index (χ1n) is 8.84. The highest BCUT2D eigenvalue weighted by Gasteiger charge is 2.30. The van der Waals surface area contributed by atoms with E-state index in [4.69, 9.17) is 9.72 Å². The standard InChI is InChI=1S/C21H21N3O2/c1-13-11-19(16-5-3-4-6-18(16)23-13)22-12-15-9-10-17(21(25)26-2)20(24-15)14-7-8-14/h3-6,9-11,14H,7-8,12H2,1-2H3,(H,22,23). The summed E-state index contributed by atoms with van der Waals surface area (Å²) < 4.78 is 4.88. The normalized spacial score (nSPS) is 13.6. The van der Waals surface area contributed by atoms with Gasteiger partial charge in [0.2, 0.25) is 0 Å². The Morgan fingerprint density at radius 2 is 2.00 bits per heavy atom. The molecule has 3 aromatic rings. The Hall–Kier alpha value is -2.95. The van der Waals surface area contributed by atoms with Crippen molar-refractivity contribution in [2.75, 3.05) is 12.4 Å². The molecule has 0 atom stereocenters. The van der Waals surface area contributed by atoms with Crippen LogP contribution in [0.2, 0.25) is 0 Å². The molecule has 2 aromatic heterocycles. The van der Waals surface area contributed by atoms with Crippen LogP contribution in [0.3, 0.4) is 0 Å². The molecule has 26 heavy (non-hydrogen) atoms. The van der Waals surface area contributed by atoms with E-state index in [1.807, 2.05) is 43.3 Å². The number of rotatable bonds is 5. The lowest BCUT2D eigenvalue weighted by atomic mass is 10.1. The highest BCUT2D eigenvalue weighted by Crippen LogP contribution is 2.40. The fourth-order valence-corrected chi connectivity index (χ4v) is 3.21. The van der Waals surface area contributed by atoms with Crippen molar-refractivity contribution in [3.8, 4) is 0 Å². The van der Waals surface area contributed by atoms with Gasteiger partial charge in [-0.1, -0.05) is 18.2 Å². The molecular formula is C21H21N3O2. The van der Waals surface area contributed by atoms with E-state index in [-0.39, 0.29) is 5.97 Å². The maximum atomic E-state index is 12.0. The number of hydrogen-bond acceptors (Lipinski definition) is 5. The number of aryl methyl sites for hydroxylation is 1. The number of hydrogen-bond donors (Lipinski definition) is 1. The highest BCUT2D eigenvalue weighted by molar-refractivity contribution is 5.92. The number of esters is 1. The number of anilines is 1. The van der Waals surface area contributed by atoms with E-state index < -0.39 is 0 Å². The van der Waals surface area contributed by atoms with Crippen molar-refractivity contribution in [1.29, 1.82) is 0 Å². The Bertz CT molecular complexity index is 980. The number of aromatic nitrogens is 2. The minimum absolute atomic E-state index is 0.310. The number of ether oxygens (including phenoxy) is 1. The average molecular weight is 347 g/mol. The average Bonchev–Trinajstić information content (AvgIpc) is 3.50. The Morgan fingerprint density at radius 3 is 2.77 bits per heavy atom. The minimum atomic E-state index is -0.310. The second-order valence-electron chi connectivity index (χ2n) is 6.68. The molecule has 4 rings (SSSR count). The molecule has 0 bridgehead atoms. The summed E-state index contributed by atoms with van der Waals surface area (Å²) in [6.45, 7) is 2.58. The first-order valence-corrected chi connectivity index (χ1v) is 8.84. The number of fused-ring (bicyclic) bond motifs is 1. The first-order chi connectivity index (χ1) is 12.7. The summed E-state index contributed by atoms with van der Waals surface area (Å²) in [6.07, 6.45) is 2.17. The minimum Gasteiger partial charge on any atom is -0.465 e. The summed E-state index contributed by atoms with van der Waals surface area (Å²) in [5.41, 5.74) is 5.36. The third kappa shape index (κ3) is 3.25. The van der Waals surface area contributed by atoms with Crippen LogP contribution in [0.15, 0.2) is 42.5 Å². The van der Waals surface area contributed by atoms with Crippen molar-refractivity contribution in [2.24, 2.45) is 0 Å². The number of nitrogens with one attached hydrogen (secondary N) is 1. The Balaban J connectivity index is 1.61. The molecular weight excluding hydrogens is 326 g/mol. The van der Waals surface area contributed by atoms with Crippen LogP contribution in [0.1, 0.15) is 46.2 Å². The Morgan fingerprint density at radius 1 is 1.19 bits per heavy atom.